The van der Waals surface area contributed by atoms with Gasteiger partial charge in [-0.2, -0.15) is 10.1 Å². The first-order valence-electron chi connectivity index (χ1n) is 8.98. The van der Waals surface area contributed by atoms with E-state index in [2.05, 4.69) is 20.6 Å². The number of hydrogen-bond acceptors (Lipinski definition) is 8. The highest BCUT2D eigenvalue weighted by Crippen LogP contribution is 2.34. The zero-order valence-corrected chi connectivity index (χ0v) is 15.1. The van der Waals surface area contributed by atoms with Crippen molar-refractivity contribution in [2.45, 2.75) is 44.6 Å². The Morgan fingerprint density at radius 3 is 2.92 bits per heavy atom. The summed E-state index contributed by atoms with van der Waals surface area (Å²) in [5.74, 6) is 3.26. The number of anilines is 1. The summed E-state index contributed by atoms with van der Waals surface area (Å²) in [6, 6.07) is 0. The third kappa shape index (κ3) is 3.39. The molecule has 1 fully saturated rings. The Balaban J connectivity index is 1.55. The fraction of sp³-hybridized carbons (Fsp3) is 0.588. The van der Waals surface area contributed by atoms with E-state index in [0.717, 1.165) is 35.5 Å². The summed E-state index contributed by atoms with van der Waals surface area (Å²) in [6.07, 6.45) is 7.20. The monoisotopic (exact) mass is 357 g/mol. The minimum Gasteiger partial charge on any atom is -0.384 e. The molecule has 0 saturated heterocycles. The summed E-state index contributed by atoms with van der Waals surface area (Å²) in [7, 11) is 3.55. The van der Waals surface area contributed by atoms with Crippen LogP contribution in [-0.4, -0.2) is 43.6 Å². The van der Waals surface area contributed by atoms with E-state index in [-0.39, 0.29) is 0 Å². The van der Waals surface area contributed by atoms with Gasteiger partial charge < -0.3 is 14.6 Å². The van der Waals surface area contributed by atoms with Crippen molar-refractivity contribution in [1.29, 1.82) is 0 Å². The molecule has 1 aliphatic rings. The second-order valence-electron chi connectivity index (χ2n) is 6.62. The third-order valence-electron chi connectivity index (χ3n) is 4.78. The van der Waals surface area contributed by atoms with Crippen molar-refractivity contribution in [1.82, 2.24) is 29.9 Å². The quantitative estimate of drug-likeness (QED) is 0.686. The molecule has 9 heteroatoms. The average Bonchev–Trinajstić information content (AvgIpc) is 3.40. The number of hydrogen-bond donors (Lipinski definition) is 1. The normalized spacial score (nSPS) is 15.2. The van der Waals surface area contributed by atoms with Gasteiger partial charge in [0.25, 0.3) is 0 Å². The van der Waals surface area contributed by atoms with Crippen LogP contribution >= 0.6 is 0 Å². The van der Waals surface area contributed by atoms with Crippen LogP contribution in [0.1, 0.15) is 49.1 Å². The topological polar surface area (TPSA) is 104 Å². The van der Waals surface area contributed by atoms with Crippen molar-refractivity contribution >= 4 is 16.9 Å². The summed E-state index contributed by atoms with van der Waals surface area (Å²) < 4.78 is 12.1. The number of ether oxygens (including phenoxy) is 1. The van der Waals surface area contributed by atoms with Crippen LogP contribution in [0.25, 0.3) is 11.0 Å². The number of methoxy groups -OCH3 is 1. The Labute approximate surface area is 151 Å². The Kier molecular flexibility index (Phi) is 4.79. The fourth-order valence-corrected chi connectivity index (χ4v) is 3.36. The molecular weight excluding hydrogens is 334 g/mol. The minimum atomic E-state index is 0.408. The molecule has 26 heavy (non-hydrogen) atoms. The summed E-state index contributed by atoms with van der Waals surface area (Å²) in [5.41, 5.74) is 0.843. The van der Waals surface area contributed by atoms with Crippen molar-refractivity contribution in [3.63, 3.8) is 0 Å². The van der Waals surface area contributed by atoms with Crippen molar-refractivity contribution in [2.75, 3.05) is 19.0 Å². The number of nitrogens with zero attached hydrogens (tertiary/aromatic N) is 6. The maximum absolute atomic E-state index is 5.29. The van der Waals surface area contributed by atoms with Crippen LogP contribution in [0.2, 0.25) is 0 Å². The molecule has 0 aliphatic heterocycles. The van der Waals surface area contributed by atoms with Gasteiger partial charge in [-0.3, -0.25) is 4.68 Å². The van der Waals surface area contributed by atoms with E-state index in [1.54, 1.807) is 18.0 Å². The van der Waals surface area contributed by atoms with Crippen molar-refractivity contribution < 1.29 is 9.26 Å². The lowest BCUT2D eigenvalue weighted by atomic mass is 10.1. The largest absolute Gasteiger partial charge is 0.384 e. The van der Waals surface area contributed by atoms with Gasteiger partial charge in [-0.1, -0.05) is 18.0 Å². The summed E-state index contributed by atoms with van der Waals surface area (Å²) in [5, 5.41) is 12.5. The average molecular weight is 357 g/mol. The van der Waals surface area contributed by atoms with Crippen LogP contribution in [0.15, 0.2) is 10.7 Å². The third-order valence-corrected chi connectivity index (χ3v) is 4.78. The summed E-state index contributed by atoms with van der Waals surface area (Å²) in [4.78, 5) is 13.9. The van der Waals surface area contributed by atoms with Gasteiger partial charge in [0.1, 0.15) is 11.6 Å². The SMILES string of the molecule is COCCc1noc(CNc2nc(C3CCCC3)nc3c2cnn3C)n1. The predicted molar refractivity (Wildman–Crippen MR) is 94.7 cm³/mol. The standard InChI is InChI=1S/C17H23N7O2/c1-24-17-12(9-19-24)16(21-15(22-17)11-5-3-4-6-11)18-10-14-20-13(23-26-14)7-8-25-2/h9,11H,3-8,10H2,1-2H3,(H,18,21,22). The summed E-state index contributed by atoms with van der Waals surface area (Å²) in [6.45, 7) is 0.977. The van der Waals surface area contributed by atoms with Gasteiger partial charge in [-0.05, 0) is 12.8 Å². The molecule has 1 aliphatic carbocycles. The predicted octanol–water partition coefficient (Wildman–Crippen LogP) is 2.20. The minimum absolute atomic E-state index is 0.408. The summed E-state index contributed by atoms with van der Waals surface area (Å²) >= 11 is 0. The zero-order chi connectivity index (χ0) is 17.9. The Morgan fingerprint density at radius 2 is 2.12 bits per heavy atom. The van der Waals surface area contributed by atoms with Crippen LogP contribution in [0.5, 0.6) is 0 Å². The lowest BCUT2D eigenvalue weighted by molar-refractivity contribution is 0.199. The molecular formula is C17H23N7O2. The molecule has 0 atom stereocenters. The van der Waals surface area contributed by atoms with Crippen LogP contribution in [-0.2, 0) is 24.8 Å². The molecule has 0 aromatic carbocycles. The second kappa shape index (κ2) is 7.36. The van der Waals surface area contributed by atoms with Crippen molar-refractivity contribution in [3.05, 3.63) is 23.7 Å². The Morgan fingerprint density at radius 1 is 1.27 bits per heavy atom. The van der Waals surface area contributed by atoms with Crippen LogP contribution in [0, 0.1) is 0 Å². The highest BCUT2D eigenvalue weighted by Gasteiger charge is 2.22. The molecule has 3 aromatic rings. The van der Waals surface area contributed by atoms with Gasteiger partial charge in [0.2, 0.25) is 5.89 Å². The maximum Gasteiger partial charge on any atom is 0.245 e. The van der Waals surface area contributed by atoms with E-state index in [4.69, 9.17) is 19.2 Å². The van der Waals surface area contributed by atoms with Gasteiger partial charge in [0.15, 0.2) is 11.5 Å². The first-order chi connectivity index (χ1) is 12.7. The lowest BCUT2D eigenvalue weighted by Gasteiger charge is -2.11. The van der Waals surface area contributed by atoms with E-state index in [1.165, 1.54) is 12.8 Å². The molecule has 4 rings (SSSR count). The highest BCUT2D eigenvalue weighted by atomic mass is 16.5. The molecule has 0 spiro atoms. The molecule has 3 aromatic heterocycles. The molecule has 1 saturated carbocycles. The molecule has 0 amide bonds. The molecule has 3 heterocycles. The van der Waals surface area contributed by atoms with E-state index >= 15 is 0 Å². The van der Waals surface area contributed by atoms with E-state index in [9.17, 15) is 0 Å². The molecule has 0 radical (unpaired) electrons. The second-order valence-corrected chi connectivity index (χ2v) is 6.62. The molecule has 138 valence electrons. The van der Waals surface area contributed by atoms with Crippen LogP contribution in [0.3, 0.4) is 0 Å². The van der Waals surface area contributed by atoms with Crippen molar-refractivity contribution in [3.8, 4) is 0 Å². The van der Waals surface area contributed by atoms with Gasteiger partial charge in [-0.15, -0.1) is 0 Å². The molecule has 1 N–H and O–H groups in total. The maximum atomic E-state index is 5.29. The van der Waals surface area contributed by atoms with Gasteiger partial charge >= 0.3 is 0 Å². The number of fused-ring (bicyclic) bond motifs is 1. The first kappa shape index (κ1) is 16.9. The molecule has 0 unspecified atom stereocenters. The van der Waals surface area contributed by atoms with E-state index in [0.29, 0.717) is 37.2 Å². The number of rotatable bonds is 7. The smallest absolute Gasteiger partial charge is 0.245 e. The highest BCUT2D eigenvalue weighted by molar-refractivity contribution is 5.86. The van der Waals surface area contributed by atoms with Gasteiger partial charge in [0, 0.05) is 26.5 Å². The number of nitrogens with one attached hydrogen (secondary N) is 1. The van der Waals surface area contributed by atoms with Crippen LogP contribution in [0.4, 0.5) is 5.82 Å². The Hall–Kier alpha value is -2.55. The lowest BCUT2D eigenvalue weighted by Crippen LogP contribution is -2.08. The molecule has 0 bridgehead atoms. The first-order valence-corrected chi connectivity index (χ1v) is 8.98. The molecule has 9 nitrogen and oxygen atoms in total. The Bertz CT molecular complexity index is 882. The van der Waals surface area contributed by atoms with E-state index in [1.807, 2.05) is 7.05 Å². The van der Waals surface area contributed by atoms with Crippen molar-refractivity contribution in [2.24, 2.45) is 7.05 Å². The number of aryl methyl sites for hydroxylation is 1. The van der Waals surface area contributed by atoms with Gasteiger partial charge in [-0.25, -0.2) is 9.97 Å². The van der Waals surface area contributed by atoms with Gasteiger partial charge in [0.05, 0.1) is 24.7 Å². The number of aromatic nitrogens is 6. The van der Waals surface area contributed by atoms with Crippen LogP contribution < -0.4 is 5.32 Å². The fourth-order valence-electron chi connectivity index (χ4n) is 3.36. The zero-order valence-electron chi connectivity index (χ0n) is 15.1. The van der Waals surface area contributed by atoms with E-state index < -0.39 is 0 Å².